The van der Waals surface area contributed by atoms with Crippen LogP contribution in [-0.4, -0.2) is 78.4 Å². The molecule has 0 bridgehead atoms. The maximum Gasteiger partial charge on any atom is 0.511 e. The van der Waals surface area contributed by atoms with E-state index in [1.165, 1.54) is 0 Å². The first kappa shape index (κ1) is 36.5. The number of amides is 2. The molecule has 3 aromatic rings. The number of piperidine rings is 2. The molecule has 5 rings (SSSR count). The summed E-state index contributed by atoms with van der Waals surface area (Å²) in [4.78, 5) is 31.0. The molecule has 3 N–H and O–H groups in total. The van der Waals surface area contributed by atoms with Gasteiger partial charge in [0.1, 0.15) is 5.54 Å². The maximum atomic E-state index is 14.4. The normalized spacial score (nSPS) is 17.4. The van der Waals surface area contributed by atoms with E-state index in [2.05, 4.69) is 4.90 Å². The van der Waals surface area contributed by atoms with Gasteiger partial charge in [-0.05, 0) is 100 Å². The zero-order valence-electron chi connectivity index (χ0n) is 25.8. The number of carbonyl (C=O) groups is 2. The highest BCUT2D eigenvalue weighted by Gasteiger charge is 2.47. The van der Waals surface area contributed by atoms with Crippen molar-refractivity contribution in [3.8, 4) is 16.9 Å². The van der Waals surface area contributed by atoms with E-state index in [1.807, 2.05) is 0 Å². The minimum Gasteiger partial charge on any atom is -0.368 e. The second kappa shape index (κ2) is 14.6. The molecule has 2 aliphatic heterocycles. The Labute approximate surface area is 292 Å². The van der Waals surface area contributed by atoms with Crippen molar-refractivity contribution in [3.63, 3.8) is 0 Å². The number of carbonyl (C=O) groups excluding carboxylic acids is 2. The van der Waals surface area contributed by atoms with Gasteiger partial charge in [0.05, 0.1) is 16.3 Å². The molecule has 2 saturated heterocycles. The lowest BCUT2D eigenvalue weighted by atomic mass is 9.83. The molecule has 2 aromatic carbocycles. The number of primary amides is 1. The third-order valence-corrected chi connectivity index (χ3v) is 11.1. The van der Waals surface area contributed by atoms with E-state index in [9.17, 15) is 31.2 Å². The highest BCUT2D eigenvalue weighted by molar-refractivity contribution is 7.90. The van der Waals surface area contributed by atoms with Crippen molar-refractivity contribution in [2.45, 2.75) is 56.0 Å². The highest BCUT2D eigenvalue weighted by Crippen LogP contribution is 2.38. The van der Waals surface area contributed by atoms with Crippen LogP contribution in [0.5, 0.6) is 0 Å². The Morgan fingerprint density at radius 1 is 0.896 bits per heavy atom. The Balaban J connectivity index is 1.54. The second-order valence-electron chi connectivity index (χ2n) is 12.0. The highest BCUT2D eigenvalue weighted by atomic mass is 35.5. The quantitative estimate of drug-likeness (QED) is 0.232. The van der Waals surface area contributed by atoms with Gasteiger partial charge in [-0.1, -0.05) is 41.2 Å². The topological polar surface area (TPSA) is 118 Å². The summed E-state index contributed by atoms with van der Waals surface area (Å²) in [6.45, 7) is 1.50. The third kappa shape index (κ3) is 7.51. The van der Waals surface area contributed by atoms with Crippen molar-refractivity contribution < 1.29 is 31.2 Å². The molecule has 0 spiro atoms. The summed E-state index contributed by atoms with van der Waals surface area (Å²) in [7, 11) is -5.56. The fourth-order valence-electron chi connectivity index (χ4n) is 6.60. The van der Waals surface area contributed by atoms with Crippen molar-refractivity contribution in [3.05, 3.63) is 74.9 Å². The number of nitrogens with two attached hydrogens (primary N) is 1. The molecule has 0 aliphatic carbocycles. The Bertz CT molecular complexity index is 1770. The van der Waals surface area contributed by atoms with Crippen molar-refractivity contribution >= 4 is 56.6 Å². The molecule has 2 fully saturated rings. The number of halogens is 6. The van der Waals surface area contributed by atoms with Gasteiger partial charge in [-0.3, -0.25) is 14.5 Å². The molecule has 0 radical (unpaired) electrons. The van der Waals surface area contributed by atoms with Gasteiger partial charge in [-0.15, -0.1) is 0 Å². The molecule has 48 heavy (non-hydrogen) atoms. The minimum absolute atomic E-state index is 0.0160. The van der Waals surface area contributed by atoms with Crippen LogP contribution in [0.1, 0.15) is 54.6 Å². The van der Waals surface area contributed by atoms with Gasteiger partial charge < -0.3 is 15.2 Å². The lowest BCUT2D eigenvalue weighted by Gasteiger charge is -2.48. The van der Waals surface area contributed by atoms with Gasteiger partial charge in [0.2, 0.25) is 5.91 Å². The Morgan fingerprint density at radius 2 is 1.52 bits per heavy atom. The van der Waals surface area contributed by atoms with Crippen LogP contribution >= 0.6 is 34.8 Å². The molecule has 3 heterocycles. The first-order chi connectivity index (χ1) is 22.6. The summed E-state index contributed by atoms with van der Waals surface area (Å²) in [6, 6.07) is 13.3. The number of aromatic nitrogens is 1. The van der Waals surface area contributed by atoms with Crippen molar-refractivity contribution in [1.82, 2.24) is 19.1 Å². The average Bonchev–Trinajstić information content (AvgIpc) is 3.41. The van der Waals surface area contributed by atoms with Crippen LogP contribution in [0.25, 0.3) is 16.9 Å². The van der Waals surface area contributed by atoms with E-state index in [4.69, 9.17) is 40.5 Å². The Morgan fingerprint density at radius 3 is 2.10 bits per heavy atom. The van der Waals surface area contributed by atoms with E-state index < -0.39 is 33.5 Å². The number of likely N-dealkylation sites (tertiary alicyclic amines) is 2. The van der Waals surface area contributed by atoms with E-state index in [0.29, 0.717) is 50.5 Å². The van der Waals surface area contributed by atoms with E-state index in [0.717, 1.165) is 32.4 Å². The Kier molecular flexibility index (Phi) is 11.1. The predicted molar refractivity (Wildman–Crippen MR) is 180 cm³/mol. The molecule has 0 saturated carbocycles. The average molecular weight is 749 g/mol. The maximum absolute atomic E-state index is 14.4. The monoisotopic (exact) mass is 747 g/mol. The third-order valence-electron chi connectivity index (χ3n) is 9.11. The van der Waals surface area contributed by atoms with Crippen molar-refractivity contribution in [1.29, 1.82) is 0 Å². The number of benzene rings is 2. The molecule has 1 aromatic heterocycles. The van der Waals surface area contributed by atoms with Crippen LogP contribution in [0.3, 0.4) is 0 Å². The number of nitrogens with zero attached hydrogens (tertiary/aromatic N) is 3. The molecule has 260 valence electrons. The summed E-state index contributed by atoms with van der Waals surface area (Å²) < 4.78 is 65.6. The molecule has 16 heteroatoms. The van der Waals surface area contributed by atoms with Gasteiger partial charge in [0.15, 0.2) is 0 Å². The van der Waals surface area contributed by atoms with E-state index in [-0.39, 0.29) is 37.4 Å². The Hall–Kier alpha value is -2.81. The van der Waals surface area contributed by atoms with Gasteiger partial charge >= 0.3 is 15.5 Å². The number of alkyl halides is 3. The van der Waals surface area contributed by atoms with Crippen LogP contribution < -0.4 is 10.5 Å². The fraction of sp³-hybridized carbons (Fsp3) is 0.438. The van der Waals surface area contributed by atoms with Crippen molar-refractivity contribution in [2.24, 2.45) is 5.73 Å². The zero-order chi connectivity index (χ0) is 34.9. The van der Waals surface area contributed by atoms with Crippen LogP contribution in [0.15, 0.2) is 48.5 Å². The molecule has 2 amide bonds. The summed E-state index contributed by atoms with van der Waals surface area (Å²) in [5.74, 6) is -0.760. The van der Waals surface area contributed by atoms with Gasteiger partial charge in [-0.25, -0.2) is 13.1 Å². The summed E-state index contributed by atoms with van der Waals surface area (Å²) >= 11 is 19.0. The number of hydrogen-bond donors (Lipinski definition) is 2. The smallest absolute Gasteiger partial charge is 0.368 e. The molecular weight excluding hydrogens is 714 g/mol. The zero-order valence-corrected chi connectivity index (χ0v) is 28.9. The number of sulfonamides is 1. The van der Waals surface area contributed by atoms with Crippen LogP contribution in [0.4, 0.5) is 13.2 Å². The van der Waals surface area contributed by atoms with E-state index in [1.54, 1.807) is 62.7 Å². The van der Waals surface area contributed by atoms with Crippen LogP contribution in [0.2, 0.25) is 15.1 Å². The largest absolute Gasteiger partial charge is 0.511 e. The molecule has 0 atom stereocenters. The van der Waals surface area contributed by atoms with Crippen molar-refractivity contribution in [2.75, 3.05) is 32.7 Å². The van der Waals surface area contributed by atoms with Gasteiger partial charge in [-0.2, -0.15) is 13.2 Å². The lowest BCUT2D eigenvalue weighted by molar-refractivity contribution is -0.134. The molecular formula is C32H35Cl3F3N5O4S. The summed E-state index contributed by atoms with van der Waals surface area (Å²) in [6.07, 6.45) is 3.68. The van der Waals surface area contributed by atoms with Gasteiger partial charge in [0.25, 0.3) is 5.91 Å². The predicted octanol–water partition coefficient (Wildman–Crippen LogP) is 6.42. The fourth-order valence-corrected chi connectivity index (χ4v) is 7.81. The second-order valence-corrected chi connectivity index (χ2v) is 15.0. The van der Waals surface area contributed by atoms with Crippen LogP contribution in [-0.2, 0) is 21.2 Å². The standard InChI is InChI=1S/C32H35Cl3F3N5O4S/c33-21-6-9-23(10-7-21)43-27(5-4-14-40-48(46,47)32(36,37)38)25(20-28(43)24-11-8-22(34)19-26(24)35)29(44)41-17-12-31(13-18-41,30(39)45)42-15-2-1-3-16-42/h6-11,19-20,40H,1-5,12-18H2,(H2,39,45). The van der Waals surface area contributed by atoms with E-state index >= 15 is 0 Å². The summed E-state index contributed by atoms with van der Waals surface area (Å²) in [5.41, 5.74) is 1.96. The minimum atomic E-state index is -5.56. The number of rotatable bonds is 10. The molecule has 2 aliphatic rings. The van der Waals surface area contributed by atoms with Crippen LogP contribution in [0, 0.1) is 0 Å². The number of nitrogens with one attached hydrogen (secondary N) is 1. The lowest BCUT2D eigenvalue weighted by Crippen LogP contribution is -2.63. The van der Waals surface area contributed by atoms with Gasteiger partial charge in [0, 0.05) is 46.6 Å². The SMILES string of the molecule is NC(=O)C1(N2CCCCC2)CCN(C(=O)c2cc(-c3ccc(Cl)cc3Cl)n(-c3ccc(Cl)cc3)c2CCCNS(=O)(=O)C(F)(F)F)CC1. The first-order valence-electron chi connectivity index (χ1n) is 15.5. The number of hydrogen-bond acceptors (Lipinski definition) is 5. The first-order valence-corrected chi connectivity index (χ1v) is 18.1. The molecule has 0 unspecified atom stereocenters. The molecule has 9 nitrogen and oxygen atoms in total. The summed E-state index contributed by atoms with van der Waals surface area (Å²) in [5, 5.41) is 1.14.